The summed E-state index contributed by atoms with van der Waals surface area (Å²) in [5.74, 6) is -0.833. The van der Waals surface area contributed by atoms with Gasteiger partial charge in [-0.25, -0.2) is 8.42 Å². The van der Waals surface area contributed by atoms with Gasteiger partial charge < -0.3 is 10.2 Å². The van der Waals surface area contributed by atoms with E-state index >= 15 is 0 Å². The predicted molar refractivity (Wildman–Crippen MR) is 160 cm³/mol. The number of carbonyl (C=O) groups is 2. The molecule has 0 aliphatic heterocycles. The molecule has 208 valence electrons. The lowest BCUT2D eigenvalue weighted by Gasteiger charge is -2.34. The normalized spacial score (nSPS) is 12.8. The molecule has 10 heteroatoms. The Bertz CT molecular complexity index is 1390. The van der Waals surface area contributed by atoms with Crippen molar-refractivity contribution in [1.29, 1.82) is 0 Å². The van der Waals surface area contributed by atoms with E-state index in [9.17, 15) is 18.0 Å². The first kappa shape index (κ1) is 30.7. The molecule has 2 amide bonds. The lowest BCUT2D eigenvalue weighted by molar-refractivity contribution is -0.140. The summed E-state index contributed by atoms with van der Waals surface area (Å²) in [6, 6.07) is 22.3. The van der Waals surface area contributed by atoms with Crippen molar-refractivity contribution >= 4 is 55.1 Å². The number of rotatable bonds is 12. The monoisotopic (exact) mass is 633 g/mol. The van der Waals surface area contributed by atoms with E-state index in [1.54, 1.807) is 24.3 Å². The molecule has 0 heterocycles. The minimum atomic E-state index is -3.88. The van der Waals surface area contributed by atoms with E-state index in [1.165, 1.54) is 4.90 Å². The summed E-state index contributed by atoms with van der Waals surface area (Å²) in [6.07, 6.45) is 2.00. The highest BCUT2D eigenvalue weighted by atomic mass is 79.9. The molecule has 0 fully saturated rings. The first-order valence-corrected chi connectivity index (χ1v) is 15.6. The molecule has 39 heavy (non-hydrogen) atoms. The topological polar surface area (TPSA) is 86.8 Å². The lowest BCUT2D eigenvalue weighted by atomic mass is 10.0. The molecule has 0 aromatic heterocycles. The summed E-state index contributed by atoms with van der Waals surface area (Å²) in [5, 5.41) is 3.21. The third kappa shape index (κ3) is 8.81. The summed E-state index contributed by atoms with van der Waals surface area (Å²) in [5.41, 5.74) is 1.86. The summed E-state index contributed by atoms with van der Waals surface area (Å²) in [7, 11) is -3.88. The molecule has 0 bridgehead atoms. The van der Waals surface area contributed by atoms with Crippen molar-refractivity contribution in [3.8, 4) is 0 Å². The fourth-order valence-electron chi connectivity index (χ4n) is 4.08. The number of nitrogens with zero attached hydrogens (tertiary/aromatic N) is 2. The van der Waals surface area contributed by atoms with Crippen LogP contribution in [0.5, 0.6) is 0 Å². The van der Waals surface area contributed by atoms with Crippen LogP contribution in [0.1, 0.15) is 31.4 Å². The number of hydrogen-bond acceptors (Lipinski definition) is 4. The zero-order valence-electron chi connectivity index (χ0n) is 22.2. The average molecular weight is 635 g/mol. The summed E-state index contributed by atoms with van der Waals surface area (Å²) < 4.78 is 27.5. The van der Waals surface area contributed by atoms with Crippen LogP contribution in [0.2, 0.25) is 5.02 Å². The van der Waals surface area contributed by atoms with Crippen LogP contribution in [-0.2, 0) is 32.6 Å². The van der Waals surface area contributed by atoms with Gasteiger partial charge >= 0.3 is 0 Å². The number of anilines is 1. The van der Waals surface area contributed by atoms with Crippen molar-refractivity contribution in [2.24, 2.45) is 0 Å². The maximum atomic E-state index is 14.1. The van der Waals surface area contributed by atoms with Crippen LogP contribution in [0, 0.1) is 0 Å². The highest BCUT2D eigenvalue weighted by molar-refractivity contribution is 9.10. The van der Waals surface area contributed by atoms with E-state index < -0.39 is 28.5 Å². The fourth-order valence-corrected chi connectivity index (χ4v) is 5.67. The van der Waals surface area contributed by atoms with Crippen molar-refractivity contribution in [3.05, 3.63) is 99.5 Å². The van der Waals surface area contributed by atoms with Gasteiger partial charge in [0, 0.05) is 23.5 Å². The van der Waals surface area contributed by atoms with Gasteiger partial charge in [-0.05, 0) is 48.7 Å². The minimum absolute atomic E-state index is 0.101. The Labute approximate surface area is 244 Å². The van der Waals surface area contributed by atoms with E-state index in [0.29, 0.717) is 0 Å². The zero-order valence-corrected chi connectivity index (χ0v) is 25.3. The molecular formula is C29H33BrClN3O4S. The van der Waals surface area contributed by atoms with Crippen molar-refractivity contribution < 1.29 is 18.0 Å². The van der Waals surface area contributed by atoms with Crippen molar-refractivity contribution in [3.63, 3.8) is 0 Å². The molecule has 7 nitrogen and oxygen atoms in total. The van der Waals surface area contributed by atoms with Gasteiger partial charge in [0.25, 0.3) is 0 Å². The van der Waals surface area contributed by atoms with Gasteiger partial charge in [0.05, 0.1) is 17.0 Å². The Morgan fingerprint density at radius 3 is 2.23 bits per heavy atom. The van der Waals surface area contributed by atoms with E-state index in [1.807, 2.05) is 68.4 Å². The van der Waals surface area contributed by atoms with Crippen LogP contribution in [-0.4, -0.2) is 50.0 Å². The van der Waals surface area contributed by atoms with Crippen LogP contribution in [0.15, 0.2) is 83.3 Å². The second-order valence-electron chi connectivity index (χ2n) is 9.40. The van der Waals surface area contributed by atoms with Gasteiger partial charge in [0.2, 0.25) is 21.8 Å². The van der Waals surface area contributed by atoms with Crippen LogP contribution >= 0.6 is 27.5 Å². The van der Waals surface area contributed by atoms with E-state index in [-0.39, 0.29) is 35.6 Å². The largest absolute Gasteiger partial charge is 0.352 e. The number of hydrogen-bond donors (Lipinski definition) is 1. The highest BCUT2D eigenvalue weighted by Crippen LogP contribution is 2.28. The standard InChI is InChI=1S/C29H33BrClN3O4S/c1-4-21(2)32-29(36)27(18-22-11-6-5-7-12-22)33(19-23-13-10-14-24(30)17-23)28(35)20-34(39(3,37)38)26-16-9-8-15-25(26)31/h5-17,21,27H,4,18-20H2,1-3H3,(H,32,36). The van der Waals surface area contributed by atoms with Crippen molar-refractivity contribution in [1.82, 2.24) is 10.2 Å². The Kier molecular flexibility index (Phi) is 11.0. The first-order chi connectivity index (χ1) is 18.5. The SMILES string of the molecule is CCC(C)NC(=O)C(Cc1ccccc1)N(Cc1cccc(Br)c1)C(=O)CN(c1ccccc1Cl)S(C)(=O)=O. The molecule has 0 aliphatic carbocycles. The lowest BCUT2D eigenvalue weighted by Crippen LogP contribution is -2.54. The smallest absolute Gasteiger partial charge is 0.244 e. The third-order valence-electron chi connectivity index (χ3n) is 6.31. The fraction of sp³-hybridized carbons (Fsp3) is 0.310. The van der Waals surface area contributed by atoms with Crippen LogP contribution in [0.4, 0.5) is 5.69 Å². The van der Waals surface area contributed by atoms with Gasteiger partial charge in [-0.3, -0.25) is 13.9 Å². The average Bonchev–Trinajstić information content (AvgIpc) is 2.89. The number of sulfonamides is 1. The number of benzene rings is 3. The van der Waals surface area contributed by atoms with Gasteiger partial charge in [0.1, 0.15) is 12.6 Å². The van der Waals surface area contributed by atoms with E-state index in [0.717, 1.165) is 32.6 Å². The van der Waals surface area contributed by atoms with Gasteiger partial charge in [-0.2, -0.15) is 0 Å². The maximum absolute atomic E-state index is 14.1. The number of nitrogens with one attached hydrogen (secondary N) is 1. The molecule has 2 atom stereocenters. The van der Waals surface area contributed by atoms with Gasteiger partial charge in [-0.1, -0.05) is 89.1 Å². The van der Waals surface area contributed by atoms with Gasteiger partial charge in [-0.15, -0.1) is 0 Å². The van der Waals surface area contributed by atoms with Crippen LogP contribution < -0.4 is 9.62 Å². The van der Waals surface area contributed by atoms with E-state index in [4.69, 9.17) is 11.6 Å². The number of carbonyl (C=O) groups excluding carboxylic acids is 2. The zero-order chi connectivity index (χ0) is 28.6. The number of amides is 2. The molecule has 0 saturated carbocycles. The van der Waals surface area contributed by atoms with Crippen LogP contribution in [0.25, 0.3) is 0 Å². The summed E-state index contributed by atoms with van der Waals surface area (Å²) in [4.78, 5) is 29.2. The molecule has 0 spiro atoms. The Morgan fingerprint density at radius 1 is 0.974 bits per heavy atom. The molecule has 3 aromatic rings. The third-order valence-corrected chi connectivity index (χ3v) is 8.25. The van der Waals surface area contributed by atoms with Crippen molar-refractivity contribution in [2.45, 2.75) is 45.3 Å². The van der Waals surface area contributed by atoms with Gasteiger partial charge in [0.15, 0.2) is 0 Å². The molecular weight excluding hydrogens is 602 g/mol. The molecule has 0 saturated heterocycles. The number of halogens is 2. The van der Waals surface area contributed by atoms with E-state index in [2.05, 4.69) is 21.2 Å². The quantitative estimate of drug-likeness (QED) is 0.288. The Balaban J connectivity index is 2.07. The first-order valence-electron chi connectivity index (χ1n) is 12.6. The molecule has 1 N–H and O–H groups in total. The maximum Gasteiger partial charge on any atom is 0.244 e. The van der Waals surface area contributed by atoms with Crippen molar-refractivity contribution in [2.75, 3.05) is 17.1 Å². The highest BCUT2D eigenvalue weighted by Gasteiger charge is 2.33. The molecule has 0 aliphatic rings. The predicted octanol–water partition coefficient (Wildman–Crippen LogP) is 5.42. The minimum Gasteiger partial charge on any atom is -0.352 e. The molecule has 0 radical (unpaired) electrons. The second-order valence-corrected chi connectivity index (χ2v) is 12.6. The Morgan fingerprint density at radius 2 is 1.62 bits per heavy atom. The molecule has 2 unspecified atom stereocenters. The summed E-state index contributed by atoms with van der Waals surface area (Å²) >= 11 is 9.80. The summed E-state index contributed by atoms with van der Waals surface area (Å²) in [6.45, 7) is 3.46. The molecule has 3 aromatic carbocycles. The van der Waals surface area contributed by atoms with Crippen LogP contribution in [0.3, 0.4) is 0 Å². The second kappa shape index (κ2) is 14.0. The Hall–Kier alpha value is -2.88. The molecule has 3 rings (SSSR count). The number of para-hydroxylation sites is 1.